The summed E-state index contributed by atoms with van der Waals surface area (Å²) in [5.74, 6) is 1.06. The molecule has 2 aromatic rings. The van der Waals surface area contributed by atoms with Crippen molar-refractivity contribution in [2.24, 2.45) is 0 Å². The van der Waals surface area contributed by atoms with E-state index in [9.17, 15) is 4.79 Å². The van der Waals surface area contributed by atoms with Gasteiger partial charge in [0.1, 0.15) is 17.2 Å². The van der Waals surface area contributed by atoms with Crippen molar-refractivity contribution >= 4 is 6.09 Å². The molecule has 0 aliphatic rings. The molecule has 0 saturated carbocycles. The summed E-state index contributed by atoms with van der Waals surface area (Å²) in [6.45, 7) is 5.92. The van der Waals surface area contributed by atoms with Crippen LogP contribution >= 0.6 is 0 Å². The second kappa shape index (κ2) is 6.93. The molecule has 2 heterocycles. The highest BCUT2D eigenvalue weighted by molar-refractivity contribution is 5.68. The van der Waals surface area contributed by atoms with Gasteiger partial charge >= 0.3 is 6.09 Å². The Bertz CT molecular complexity index is 557. The van der Waals surface area contributed by atoms with Crippen molar-refractivity contribution in [3.8, 4) is 0 Å². The smallest absolute Gasteiger partial charge is 0.411 e. The van der Waals surface area contributed by atoms with E-state index in [2.05, 4.69) is 19.9 Å². The zero-order valence-electron chi connectivity index (χ0n) is 12.9. The van der Waals surface area contributed by atoms with Crippen LogP contribution in [0.1, 0.15) is 32.4 Å². The first-order chi connectivity index (χ1) is 10.4. The lowest BCUT2D eigenvalue weighted by molar-refractivity contribution is 0.0206. The Morgan fingerprint density at radius 1 is 0.955 bits per heavy atom. The van der Waals surface area contributed by atoms with Gasteiger partial charge in [-0.25, -0.2) is 24.7 Å². The maximum absolute atomic E-state index is 12.4. The second-order valence-electron chi connectivity index (χ2n) is 5.67. The van der Waals surface area contributed by atoms with Crippen molar-refractivity contribution in [1.82, 2.24) is 24.8 Å². The normalized spacial score (nSPS) is 11.0. The topological polar surface area (TPSA) is 81.1 Å². The third-order valence-corrected chi connectivity index (χ3v) is 2.55. The molecule has 0 aromatic carbocycles. The number of amides is 1. The minimum absolute atomic E-state index is 0.230. The van der Waals surface area contributed by atoms with Gasteiger partial charge in [-0.3, -0.25) is 4.90 Å². The molecule has 0 radical (unpaired) electrons. The summed E-state index contributed by atoms with van der Waals surface area (Å²) in [6.07, 6.45) is 6.08. The Morgan fingerprint density at radius 3 is 1.73 bits per heavy atom. The molecule has 0 spiro atoms. The fourth-order valence-electron chi connectivity index (χ4n) is 1.68. The van der Waals surface area contributed by atoms with Crippen molar-refractivity contribution in [1.29, 1.82) is 0 Å². The van der Waals surface area contributed by atoms with Crippen LogP contribution in [-0.4, -0.2) is 36.5 Å². The number of carbonyl (C=O) groups is 1. The highest BCUT2D eigenvalue weighted by Crippen LogP contribution is 2.13. The van der Waals surface area contributed by atoms with Crippen LogP contribution < -0.4 is 0 Å². The number of hydrogen-bond acceptors (Lipinski definition) is 6. The van der Waals surface area contributed by atoms with E-state index in [1.165, 1.54) is 4.90 Å². The summed E-state index contributed by atoms with van der Waals surface area (Å²) >= 11 is 0. The number of aromatic nitrogens is 4. The van der Waals surface area contributed by atoms with Gasteiger partial charge < -0.3 is 4.74 Å². The molecule has 0 aliphatic heterocycles. The molecule has 2 aromatic heterocycles. The maximum Gasteiger partial charge on any atom is 0.411 e. The maximum atomic E-state index is 12.4. The molecule has 0 aliphatic carbocycles. The summed E-state index contributed by atoms with van der Waals surface area (Å²) in [4.78, 5) is 30.4. The lowest BCUT2D eigenvalue weighted by Gasteiger charge is -2.26. The van der Waals surface area contributed by atoms with Crippen LogP contribution in [0.2, 0.25) is 0 Å². The molecular weight excluding hydrogens is 282 g/mol. The number of nitrogens with zero attached hydrogens (tertiary/aromatic N) is 5. The van der Waals surface area contributed by atoms with Crippen molar-refractivity contribution in [2.75, 3.05) is 0 Å². The minimum atomic E-state index is -0.579. The van der Waals surface area contributed by atoms with E-state index in [1.54, 1.807) is 36.9 Å². The van der Waals surface area contributed by atoms with E-state index in [1.807, 2.05) is 20.8 Å². The molecule has 22 heavy (non-hydrogen) atoms. The molecule has 0 unspecified atom stereocenters. The van der Waals surface area contributed by atoms with Crippen molar-refractivity contribution in [3.05, 3.63) is 48.6 Å². The van der Waals surface area contributed by atoms with E-state index >= 15 is 0 Å². The van der Waals surface area contributed by atoms with Crippen molar-refractivity contribution in [3.63, 3.8) is 0 Å². The number of carbonyl (C=O) groups excluding carboxylic acids is 1. The Hall–Kier alpha value is -2.57. The van der Waals surface area contributed by atoms with Crippen LogP contribution in [0, 0.1) is 0 Å². The minimum Gasteiger partial charge on any atom is -0.444 e. The van der Waals surface area contributed by atoms with Crippen LogP contribution in [-0.2, 0) is 17.8 Å². The highest BCUT2D eigenvalue weighted by atomic mass is 16.6. The molecule has 0 bridgehead atoms. The van der Waals surface area contributed by atoms with E-state index < -0.39 is 11.7 Å². The third kappa shape index (κ3) is 5.08. The highest BCUT2D eigenvalue weighted by Gasteiger charge is 2.23. The Kier molecular flexibility index (Phi) is 4.98. The van der Waals surface area contributed by atoms with Crippen LogP contribution in [0.4, 0.5) is 4.79 Å². The summed E-state index contributed by atoms with van der Waals surface area (Å²) in [7, 11) is 0. The number of rotatable bonds is 4. The van der Waals surface area contributed by atoms with Gasteiger partial charge in [0, 0.05) is 24.8 Å². The molecule has 7 nitrogen and oxygen atoms in total. The van der Waals surface area contributed by atoms with E-state index in [0.29, 0.717) is 11.6 Å². The molecule has 0 fully saturated rings. The first-order valence-corrected chi connectivity index (χ1v) is 6.94. The first kappa shape index (κ1) is 15.8. The van der Waals surface area contributed by atoms with Crippen molar-refractivity contribution in [2.45, 2.75) is 39.5 Å². The molecule has 1 amide bonds. The molecule has 0 saturated heterocycles. The average Bonchev–Trinajstić information content (AvgIpc) is 2.47. The Labute approximate surface area is 129 Å². The largest absolute Gasteiger partial charge is 0.444 e. The Balaban J connectivity index is 2.14. The molecule has 2 rings (SSSR count). The SMILES string of the molecule is CC(C)(C)OC(=O)N(Cc1ncccn1)Cc1ncccn1. The van der Waals surface area contributed by atoms with Gasteiger partial charge in [0.05, 0.1) is 13.1 Å². The molecule has 7 heteroatoms. The van der Waals surface area contributed by atoms with Gasteiger partial charge in [-0.1, -0.05) is 0 Å². The van der Waals surface area contributed by atoms with Crippen LogP contribution in [0.3, 0.4) is 0 Å². The third-order valence-electron chi connectivity index (χ3n) is 2.55. The fourth-order valence-corrected chi connectivity index (χ4v) is 1.68. The fraction of sp³-hybridized carbons (Fsp3) is 0.400. The van der Waals surface area contributed by atoms with E-state index in [4.69, 9.17) is 4.74 Å². The van der Waals surface area contributed by atoms with Gasteiger partial charge in [0.25, 0.3) is 0 Å². The van der Waals surface area contributed by atoms with E-state index in [-0.39, 0.29) is 13.1 Å². The molecule has 116 valence electrons. The summed E-state index contributed by atoms with van der Waals surface area (Å²) in [6, 6.07) is 3.45. The number of hydrogen-bond donors (Lipinski definition) is 0. The first-order valence-electron chi connectivity index (χ1n) is 6.94. The van der Waals surface area contributed by atoms with Gasteiger partial charge in [0.2, 0.25) is 0 Å². The average molecular weight is 301 g/mol. The van der Waals surface area contributed by atoms with Crippen LogP contribution in [0.25, 0.3) is 0 Å². The quantitative estimate of drug-likeness (QED) is 0.861. The predicted octanol–water partition coefficient (Wildman–Crippen LogP) is 2.20. The summed E-state index contributed by atoms with van der Waals surface area (Å²) < 4.78 is 5.42. The van der Waals surface area contributed by atoms with Crippen LogP contribution in [0.5, 0.6) is 0 Å². The molecular formula is C15H19N5O2. The monoisotopic (exact) mass is 301 g/mol. The van der Waals surface area contributed by atoms with Gasteiger partial charge in [-0.2, -0.15) is 0 Å². The van der Waals surface area contributed by atoms with Gasteiger partial charge in [-0.05, 0) is 32.9 Å². The standard InChI is InChI=1S/C15H19N5O2/c1-15(2,3)22-14(21)20(10-12-16-6-4-7-17-12)11-13-18-8-5-9-19-13/h4-9H,10-11H2,1-3H3. The predicted molar refractivity (Wildman–Crippen MR) is 79.5 cm³/mol. The van der Waals surface area contributed by atoms with Crippen molar-refractivity contribution < 1.29 is 9.53 Å². The zero-order valence-corrected chi connectivity index (χ0v) is 12.9. The van der Waals surface area contributed by atoms with Crippen LogP contribution in [0.15, 0.2) is 36.9 Å². The summed E-state index contributed by atoms with van der Waals surface area (Å²) in [5.41, 5.74) is -0.579. The number of ether oxygens (including phenoxy) is 1. The second-order valence-corrected chi connectivity index (χ2v) is 5.67. The lowest BCUT2D eigenvalue weighted by atomic mass is 10.2. The van der Waals surface area contributed by atoms with Gasteiger partial charge in [-0.15, -0.1) is 0 Å². The summed E-state index contributed by atoms with van der Waals surface area (Å²) in [5, 5.41) is 0. The van der Waals surface area contributed by atoms with Gasteiger partial charge in [0.15, 0.2) is 0 Å². The molecule has 0 atom stereocenters. The Morgan fingerprint density at radius 2 is 1.36 bits per heavy atom. The zero-order chi connectivity index (χ0) is 16.0. The lowest BCUT2D eigenvalue weighted by Crippen LogP contribution is -2.36. The van der Waals surface area contributed by atoms with E-state index in [0.717, 1.165) is 0 Å². The molecule has 0 N–H and O–H groups in total.